The molecule has 0 bridgehead atoms. The maximum Gasteiger partial charge on any atom is 0.0369 e. The minimum absolute atomic E-state index is 0.877. The fourth-order valence-electron chi connectivity index (χ4n) is 1.97. The maximum absolute atomic E-state index is 3.93. The molecular weight excluding hydrogens is 184 g/mol. The third kappa shape index (κ3) is 2.51. The second-order valence-electron chi connectivity index (χ2n) is 4.21. The first-order valence-electron chi connectivity index (χ1n) is 5.61. The van der Waals surface area contributed by atoms with Crippen molar-refractivity contribution in [3.8, 4) is 0 Å². The topological polar surface area (TPSA) is 6.48 Å². The van der Waals surface area contributed by atoms with Gasteiger partial charge in [-0.05, 0) is 38.1 Å². The van der Waals surface area contributed by atoms with Crippen molar-refractivity contribution in [3.63, 3.8) is 0 Å². The molecule has 1 aliphatic rings. The van der Waals surface area contributed by atoms with Gasteiger partial charge in [-0.15, -0.1) is 0 Å². The van der Waals surface area contributed by atoms with Crippen LogP contribution in [-0.2, 0) is 6.42 Å². The average molecular weight is 203 g/mol. The summed E-state index contributed by atoms with van der Waals surface area (Å²) in [6.45, 7) is 8.52. The van der Waals surface area contributed by atoms with Crippen molar-refractivity contribution in [1.29, 1.82) is 0 Å². The van der Waals surface area contributed by atoms with Gasteiger partial charge < -0.3 is 9.80 Å². The maximum atomic E-state index is 3.93. The van der Waals surface area contributed by atoms with Crippen LogP contribution in [0.25, 0.3) is 0 Å². The quantitative estimate of drug-likeness (QED) is 0.723. The fraction of sp³-hybridized carbons (Fsp3) is 0.462. The van der Waals surface area contributed by atoms with Gasteiger partial charge in [0.05, 0.1) is 0 Å². The number of rotatable bonds is 2. The third-order valence-electron chi connectivity index (χ3n) is 3.07. The first kappa shape index (κ1) is 10.5. The Morgan fingerprint density at radius 1 is 1.20 bits per heavy atom. The van der Waals surface area contributed by atoms with Crippen molar-refractivity contribution in [1.82, 2.24) is 4.90 Å². The summed E-state index contributed by atoms with van der Waals surface area (Å²) in [4.78, 5) is 4.83. The normalized spacial score (nSPS) is 18.1. The molecule has 1 heterocycles. The predicted molar refractivity (Wildman–Crippen MR) is 65.2 cm³/mol. The highest BCUT2D eigenvalue weighted by Crippen LogP contribution is 2.17. The lowest BCUT2D eigenvalue weighted by molar-refractivity contribution is 0.313. The molecule has 1 radical (unpaired) electrons. The molecule has 2 heteroatoms. The van der Waals surface area contributed by atoms with Crippen molar-refractivity contribution in [3.05, 3.63) is 36.8 Å². The van der Waals surface area contributed by atoms with Crippen LogP contribution in [0.1, 0.15) is 5.56 Å². The minimum Gasteiger partial charge on any atom is -0.369 e. The van der Waals surface area contributed by atoms with Crippen LogP contribution in [0.15, 0.2) is 24.3 Å². The zero-order chi connectivity index (χ0) is 10.7. The van der Waals surface area contributed by atoms with Gasteiger partial charge >= 0.3 is 0 Å². The molecule has 1 saturated heterocycles. The number of benzene rings is 1. The molecule has 0 atom stereocenters. The molecule has 15 heavy (non-hydrogen) atoms. The highest BCUT2D eigenvalue weighted by Gasteiger charge is 2.13. The first-order valence-corrected chi connectivity index (χ1v) is 5.61. The monoisotopic (exact) mass is 203 g/mol. The van der Waals surface area contributed by atoms with Crippen LogP contribution in [-0.4, -0.2) is 38.1 Å². The van der Waals surface area contributed by atoms with Gasteiger partial charge in [-0.3, -0.25) is 0 Å². The summed E-state index contributed by atoms with van der Waals surface area (Å²) in [6.07, 6.45) is 0.877. The largest absolute Gasteiger partial charge is 0.369 e. The smallest absolute Gasteiger partial charge is 0.0369 e. The van der Waals surface area contributed by atoms with E-state index in [1.807, 2.05) is 0 Å². The molecule has 2 rings (SSSR count). The summed E-state index contributed by atoms with van der Waals surface area (Å²) in [7, 11) is 2.18. The van der Waals surface area contributed by atoms with E-state index in [1.54, 1.807) is 0 Å². The van der Waals surface area contributed by atoms with E-state index in [1.165, 1.54) is 11.3 Å². The van der Waals surface area contributed by atoms with E-state index in [-0.39, 0.29) is 0 Å². The Balaban J connectivity index is 2.08. The summed E-state index contributed by atoms with van der Waals surface area (Å²) >= 11 is 0. The molecule has 0 amide bonds. The Labute approximate surface area is 92.5 Å². The Kier molecular flexibility index (Phi) is 3.27. The summed E-state index contributed by atoms with van der Waals surface area (Å²) in [6, 6.07) is 8.74. The van der Waals surface area contributed by atoms with Crippen molar-refractivity contribution >= 4 is 5.69 Å². The lowest BCUT2D eigenvalue weighted by Crippen LogP contribution is -2.44. The molecule has 0 unspecified atom stereocenters. The Morgan fingerprint density at radius 3 is 2.60 bits per heavy atom. The first-order chi connectivity index (χ1) is 7.29. The van der Waals surface area contributed by atoms with Crippen LogP contribution in [0.3, 0.4) is 0 Å². The van der Waals surface area contributed by atoms with Crippen molar-refractivity contribution in [2.75, 3.05) is 38.1 Å². The summed E-state index contributed by atoms with van der Waals surface area (Å²) in [5.41, 5.74) is 2.68. The fourth-order valence-corrected chi connectivity index (χ4v) is 1.97. The summed E-state index contributed by atoms with van der Waals surface area (Å²) in [5, 5.41) is 0. The van der Waals surface area contributed by atoms with E-state index in [0.717, 1.165) is 32.6 Å². The lowest BCUT2D eigenvalue weighted by Gasteiger charge is -2.34. The van der Waals surface area contributed by atoms with E-state index in [4.69, 9.17) is 0 Å². The van der Waals surface area contributed by atoms with Crippen molar-refractivity contribution in [2.45, 2.75) is 6.42 Å². The molecule has 1 aromatic carbocycles. The Hall–Kier alpha value is -1.02. The predicted octanol–water partition coefficient (Wildman–Crippen LogP) is 1.81. The molecule has 1 fully saturated rings. The van der Waals surface area contributed by atoms with Gasteiger partial charge in [0.25, 0.3) is 0 Å². The number of nitrogens with zero attached hydrogens (tertiary/aromatic N) is 2. The molecule has 0 N–H and O–H groups in total. The van der Waals surface area contributed by atoms with Gasteiger partial charge in [0.1, 0.15) is 0 Å². The standard InChI is InChI=1S/C13H19N2/c1-3-12-5-4-6-13(11-12)15-9-7-14(2)8-10-15/h4-6,11H,1,3,7-10H2,2H3. The van der Waals surface area contributed by atoms with Gasteiger partial charge in [0.2, 0.25) is 0 Å². The SMILES string of the molecule is [CH2]Cc1cccc(N2CCN(C)CC2)c1. The van der Waals surface area contributed by atoms with Crippen LogP contribution in [0.5, 0.6) is 0 Å². The van der Waals surface area contributed by atoms with Crippen LogP contribution < -0.4 is 4.90 Å². The second kappa shape index (κ2) is 4.67. The zero-order valence-corrected chi connectivity index (χ0v) is 9.45. The van der Waals surface area contributed by atoms with Crippen LogP contribution >= 0.6 is 0 Å². The van der Waals surface area contributed by atoms with Gasteiger partial charge in [-0.25, -0.2) is 0 Å². The number of anilines is 1. The molecule has 81 valence electrons. The molecule has 0 saturated carbocycles. The molecule has 2 nitrogen and oxygen atoms in total. The molecule has 0 spiro atoms. The number of piperazine rings is 1. The van der Waals surface area contributed by atoms with Crippen LogP contribution in [0.2, 0.25) is 0 Å². The van der Waals surface area contributed by atoms with Crippen LogP contribution in [0, 0.1) is 6.92 Å². The van der Waals surface area contributed by atoms with Crippen molar-refractivity contribution in [2.24, 2.45) is 0 Å². The molecular formula is C13H19N2. The Bertz CT molecular complexity index is 314. The van der Waals surface area contributed by atoms with Gasteiger partial charge in [0, 0.05) is 31.9 Å². The molecule has 1 aliphatic heterocycles. The molecule has 1 aromatic rings. The van der Waals surface area contributed by atoms with E-state index < -0.39 is 0 Å². The lowest BCUT2D eigenvalue weighted by atomic mass is 10.1. The highest BCUT2D eigenvalue weighted by molar-refractivity contribution is 5.49. The highest BCUT2D eigenvalue weighted by atomic mass is 15.2. The van der Waals surface area contributed by atoms with Gasteiger partial charge in [-0.1, -0.05) is 12.1 Å². The van der Waals surface area contributed by atoms with E-state index in [2.05, 4.69) is 48.0 Å². The second-order valence-corrected chi connectivity index (χ2v) is 4.21. The summed E-state index contributed by atoms with van der Waals surface area (Å²) in [5.74, 6) is 0. The zero-order valence-electron chi connectivity index (χ0n) is 9.45. The number of likely N-dealkylation sites (N-methyl/N-ethyl adjacent to an activating group) is 1. The van der Waals surface area contributed by atoms with Gasteiger partial charge in [0.15, 0.2) is 0 Å². The minimum atomic E-state index is 0.877. The number of hydrogen-bond donors (Lipinski definition) is 0. The van der Waals surface area contributed by atoms with Crippen molar-refractivity contribution < 1.29 is 0 Å². The third-order valence-corrected chi connectivity index (χ3v) is 3.07. The molecule has 0 aliphatic carbocycles. The van der Waals surface area contributed by atoms with E-state index in [0.29, 0.717) is 0 Å². The Morgan fingerprint density at radius 2 is 1.93 bits per heavy atom. The number of hydrogen-bond acceptors (Lipinski definition) is 2. The summed E-state index contributed by atoms with van der Waals surface area (Å²) < 4.78 is 0. The van der Waals surface area contributed by atoms with E-state index in [9.17, 15) is 0 Å². The molecule has 0 aromatic heterocycles. The average Bonchev–Trinajstić information content (AvgIpc) is 2.30. The van der Waals surface area contributed by atoms with Crippen LogP contribution in [0.4, 0.5) is 5.69 Å². The van der Waals surface area contributed by atoms with E-state index >= 15 is 0 Å². The van der Waals surface area contributed by atoms with Gasteiger partial charge in [-0.2, -0.15) is 0 Å².